The number of amides is 1. The Balaban J connectivity index is 2.15. The normalized spacial score (nSPS) is 20.2. The van der Waals surface area contributed by atoms with E-state index in [1.165, 1.54) is 0 Å². The van der Waals surface area contributed by atoms with Crippen molar-refractivity contribution < 1.29 is 9.53 Å². The van der Waals surface area contributed by atoms with Gasteiger partial charge >= 0.3 is 0 Å². The predicted octanol–water partition coefficient (Wildman–Crippen LogP) is 2.74. The first kappa shape index (κ1) is 13.4. The molecule has 1 saturated heterocycles. The minimum atomic E-state index is -0.202. The van der Waals surface area contributed by atoms with Gasteiger partial charge in [0.15, 0.2) is 0 Å². The zero-order valence-corrected chi connectivity index (χ0v) is 11.3. The Hall–Kier alpha value is -2.02. The lowest BCUT2D eigenvalue weighted by atomic mass is 10.1. The molecule has 1 fully saturated rings. The van der Waals surface area contributed by atoms with Gasteiger partial charge in [0.1, 0.15) is 5.75 Å². The zero-order valence-electron chi connectivity index (χ0n) is 11.3. The average Bonchev–Trinajstić information content (AvgIpc) is 2.80. The lowest BCUT2D eigenvalue weighted by Gasteiger charge is -2.18. The fraction of sp³-hybridized carbons (Fsp3) is 0.467. The van der Waals surface area contributed by atoms with Crippen LogP contribution in [0.1, 0.15) is 26.7 Å². The van der Waals surface area contributed by atoms with Crippen molar-refractivity contribution in [2.45, 2.75) is 32.8 Å². The van der Waals surface area contributed by atoms with Crippen molar-refractivity contribution in [2.75, 3.05) is 11.4 Å². The Labute approximate surface area is 113 Å². The second-order valence-corrected chi connectivity index (χ2v) is 4.87. The molecule has 0 aliphatic carbocycles. The van der Waals surface area contributed by atoms with Crippen LogP contribution in [-0.4, -0.2) is 18.6 Å². The van der Waals surface area contributed by atoms with Gasteiger partial charge in [0.05, 0.1) is 18.1 Å². The summed E-state index contributed by atoms with van der Waals surface area (Å²) in [5.41, 5.74) is 0.809. The first-order valence-electron chi connectivity index (χ1n) is 6.60. The topological polar surface area (TPSA) is 53.3 Å². The van der Waals surface area contributed by atoms with E-state index in [1.807, 2.05) is 31.2 Å². The second kappa shape index (κ2) is 5.75. The van der Waals surface area contributed by atoms with Gasteiger partial charge in [-0.2, -0.15) is 5.26 Å². The van der Waals surface area contributed by atoms with Crippen molar-refractivity contribution >= 4 is 11.6 Å². The number of benzene rings is 1. The number of anilines is 1. The number of ether oxygens (including phenoxy) is 1. The first-order valence-corrected chi connectivity index (χ1v) is 6.60. The molecule has 2 atom stereocenters. The highest BCUT2D eigenvalue weighted by Gasteiger charge is 2.30. The molecule has 2 rings (SSSR count). The summed E-state index contributed by atoms with van der Waals surface area (Å²) in [5.74, 6) is 0.568. The summed E-state index contributed by atoms with van der Waals surface area (Å²) in [6.07, 6.45) is 1.40. The lowest BCUT2D eigenvalue weighted by molar-refractivity contribution is -0.117. The van der Waals surface area contributed by atoms with Crippen LogP contribution in [0.3, 0.4) is 0 Å². The molecule has 1 aromatic carbocycles. The van der Waals surface area contributed by atoms with Gasteiger partial charge in [-0.05, 0) is 25.5 Å². The third-order valence-electron chi connectivity index (χ3n) is 3.35. The highest BCUT2D eigenvalue weighted by atomic mass is 16.5. The molecule has 0 N–H and O–H groups in total. The molecule has 1 amide bonds. The van der Waals surface area contributed by atoms with E-state index >= 15 is 0 Å². The Bertz CT molecular complexity index is 507. The standard InChI is InChI=1S/C15H18N2O2/c1-3-11(2)19-14-6-4-5-13(8-14)17-10-12(9-16)7-15(17)18/h4-6,8,11-12H,3,7,10H2,1-2H3. The summed E-state index contributed by atoms with van der Waals surface area (Å²) in [7, 11) is 0. The average molecular weight is 258 g/mol. The van der Waals surface area contributed by atoms with Crippen LogP contribution in [0.2, 0.25) is 0 Å². The first-order chi connectivity index (χ1) is 9.13. The van der Waals surface area contributed by atoms with Crippen molar-refractivity contribution in [3.8, 4) is 11.8 Å². The molecular formula is C15H18N2O2. The van der Waals surface area contributed by atoms with Crippen molar-refractivity contribution in [1.29, 1.82) is 5.26 Å². The van der Waals surface area contributed by atoms with E-state index in [0.717, 1.165) is 17.9 Å². The minimum Gasteiger partial charge on any atom is -0.491 e. The monoisotopic (exact) mass is 258 g/mol. The Kier molecular flexibility index (Phi) is 4.06. The summed E-state index contributed by atoms with van der Waals surface area (Å²) in [6.45, 7) is 4.55. The van der Waals surface area contributed by atoms with E-state index in [2.05, 4.69) is 13.0 Å². The number of rotatable bonds is 4. The number of hydrogen-bond acceptors (Lipinski definition) is 3. The molecular weight excluding hydrogens is 240 g/mol. The van der Waals surface area contributed by atoms with E-state index in [9.17, 15) is 4.79 Å². The molecule has 1 aliphatic rings. The smallest absolute Gasteiger partial charge is 0.228 e. The molecule has 0 saturated carbocycles. The Morgan fingerprint density at radius 3 is 3.00 bits per heavy atom. The summed E-state index contributed by atoms with van der Waals surface area (Å²) in [5, 5.41) is 8.90. The number of carbonyl (C=O) groups is 1. The van der Waals surface area contributed by atoms with Crippen molar-refractivity contribution in [2.24, 2.45) is 5.92 Å². The van der Waals surface area contributed by atoms with Crippen molar-refractivity contribution in [3.63, 3.8) is 0 Å². The highest BCUT2D eigenvalue weighted by Crippen LogP contribution is 2.28. The molecule has 100 valence electrons. The molecule has 0 bridgehead atoms. The maximum absolute atomic E-state index is 11.9. The van der Waals surface area contributed by atoms with Crippen LogP contribution in [0.4, 0.5) is 5.69 Å². The molecule has 1 aromatic rings. The van der Waals surface area contributed by atoms with E-state index in [-0.39, 0.29) is 17.9 Å². The van der Waals surface area contributed by atoms with Gasteiger partial charge in [-0.1, -0.05) is 13.0 Å². The van der Waals surface area contributed by atoms with Crippen LogP contribution in [-0.2, 0) is 4.79 Å². The number of carbonyl (C=O) groups excluding carboxylic acids is 1. The maximum atomic E-state index is 11.9. The van der Waals surface area contributed by atoms with Gasteiger partial charge in [-0.3, -0.25) is 4.79 Å². The molecule has 1 heterocycles. The van der Waals surface area contributed by atoms with Gasteiger partial charge in [0.25, 0.3) is 0 Å². The third kappa shape index (κ3) is 3.05. The van der Waals surface area contributed by atoms with Crippen LogP contribution >= 0.6 is 0 Å². The predicted molar refractivity (Wildman–Crippen MR) is 72.9 cm³/mol. The van der Waals surface area contributed by atoms with E-state index in [4.69, 9.17) is 10.00 Å². The molecule has 4 heteroatoms. The number of nitrogens with zero attached hydrogens (tertiary/aromatic N) is 2. The van der Waals surface area contributed by atoms with Crippen LogP contribution < -0.4 is 9.64 Å². The van der Waals surface area contributed by atoms with Crippen molar-refractivity contribution in [1.82, 2.24) is 0 Å². The lowest BCUT2D eigenvalue weighted by Crippen LogP contribution is -2.24. The summed E-state index contributed by atoms with van der Waals surface area (Å²) < 4.78 is 5.75. The second-order valence-electron chi connectivity index (χ2n) is 4.87. The highest BCUT2D eigenvalue weighted by molar-refractivity contribution is 5.96. The van der Waals surface area contributed by atoms with Gasteiger partial charge in [-0.25, -0.2) is 0 Å². The fourth-order valence-corrected chi connectivity index (χ4v) is 2.08. The SMILES string of the molecule is CCC(C)Oc1cccc(N2CC(C#N)CC2=O)c1. The zero-order chi connectivity index (χ0) is 13.8. The number of hydrogen-bond donors (Lipinski definition) is 0. The molecule has 4 nitrogen and oxygen atoms in total. The van der Waals surface area contributed by atoms with Gasteiger partial charge in [0.2, 0.25) is 5.91 Å². The minimum absolute atomic E-state index is 0.00670. The van der Waals surface area contributed by atoms with Crippen LogP contribution in [0.15, 0.2) is 24.3 Å². The van der Waals surface area contributed by atoms with E-state index < -0.39 is 0 Å². The third-order valence-corrected chi connectivity index (χ3v) is 3.35. The molecule has 0 aromatic heterocycles. The van der Waals surface area contributed by atoms with E-state index in [1.54, 1.807) is 4.90 Å². The quantitative estimate of drug-likeness (QED) is 0.834. The number of nitriles is 1. The largest absolute Gasteiger partial charge is 0.491 e. The summed E-state index contributed by atoms with van der Waals surface area (Å²) in [4.78, 5) is 13.5. The van der Waals surface area contributed by atoms with Crippen LogP contribution in [0.25, 0.3) is 0 Å². The van der Waals surface area contributed by atoms with Gasteiger partial charge < -0.3 is 9.64 Å². The Morgan fingerprint density at radius 2 is 2.37 bits per heavy atom. The van der Waals surface area contributed by atoms with Crippen molar-refractivity contribution in [3.05, 3.63) is 24.3 Å². The maximum Gasteiger partial charge on any atom is 0.228 e. The molecule has 0 radical (unpaired) electrons. The van der Waals surface area contributed by atoms with E-state index in [0.29, 0.717) is 13.0 Å². The molecule has 19 heavy (non-hydrogen) atoms. The van der Waals surface area contributed by atoms with Crippen LogP contribution in [0.5, 0.6) is 5.75 Å². The van der Waals surface area contributed by atoms with Crippen LogP contribution in [0, 0.1) is 17.2 Å². The Morgan fingerprint density at radius 1 is 1.58 bits per heavy atom. The molecule has 1 aliphatic heterocycles. The van der Waals surface area contributed by atoms with Gasteiger partial charge in [-0.15, -0.1) is 0 Å². The summed E-state index contributed by atoms with van der Waals surface area (Å²) >= 11 is 0. The fourth-order valence-electron chi connectivity index (χ4n) is 2.08. The van der Waals surface area contributed by atoms with Gasteiger partial charge in [0, 0.05) is 24.7 Å². The molecule has 0 spiro atoms. The summed E-state index contributed by atoms with van der Waals surface area (Å²) in [6, 6.07) is 9.66. The molecule has 2 unspecified atom stereocenters.